The van der Waals surface area contributed by atoms with Gasteiger partial charge in [0.2, 0.25) is 17.8 Å². The first kappa shape index (κ1) is 27.5. The van der Waals surface area contributed by atoms with Crippen molar-refractivity contribution in [3.8, 4) is 5.75 Å². The summed E-state index contributed by atoms with van der Waals surface area (Å²) in [6.07, 6.45) is 1.32. The first-order chi connectivity index (χ1) is 19.2. The number of piperidine rings is 1. The van der Waals surface area contributed by atoms with E-state index in [1.165, 1.54) is 6.07 Å². The van der Waals surface area contributed by atoms with E-state index in [2.05, 4.69) is 20.6 Å². The van der Waals surface area contributed by atoms with Crippen molar-refractivity contribution in [2.24, 2.45) is 17.2 Å². The molecular formula is C27H36N10O3. The summed E-state index contributed by atoms with van der Waals surface area (Å²) in [5.74, 6) is 0.558. The lowest BCUT2D eigenvalue weighted by Gasteiger charge is -2.35. The van der Waals surface area contributed by atoms with Gasteiger partial charge in [-0.25, -0.2) is 0 Å². The van der Waals surface area contributed by atoms with Crippen LogP contribution < -0.4 is 37.6 Å². The van der Waals surface area contributed by atoms with Gasteiger partial charge >= 0.3 is 0 Å². The molecule has 3 heterocycles. The normalized spacial score (nSPS) is 22.8. The number of aromatic nitrogens is 3. The zero-order chi connectivity index (χ0) is 28.4. The Morgan fingerprint density at radius 1 is 0.950 bits per heavy atom. The summed E-state index contributed by atoms with van der Waals surface area (Å²) >= 11 is 0. The number of aliphatic hydroxyl groups is 1. The zero-order valence-electron chi connectivity index (χ0n) is 22.4. The van der Waals surface area contributed by atoms with Crippen LogP contribution in [0.1, 0.15) is 28.8 Å². The van der Waals surface area contributed by atoms with Gasteiger partial charge in [0.25, 0.3) is 5.91 Å². The molecule has 2 aliphatic heterocycles. The highest BCUT2D eigenvalue weighted by Gasteiger charge is 2.33. The first-order valence-electron chi connectivity index (χ1n) is 13.3. The molecule has 5 rings (SSSR count). The van der Waals surface area contributed by atoms with Crippen molar-refractivity contribution < 1.29 is 15.0 Å². The highest BCUT2D eigenvalue weighted by Crippen LogP contribution is 2.30. The third-order valence-corrected chi connectivity index (χ3v) is 7.14. The Bertz CT molecular complexity index is 1340. The number of rotatable bonds is 7. The van der Waals surface area contributed by atoms with Crippen molar-refractivity contribution in [3.05, 3.63) is 53.6 Å². The molecule has 0 aliphatic carbocycles. The maximum absolute atomic E-state index is 12.6. The Morgan fingerprint density at radius 3 is 2.30 bits per heavy atom. The average molecular weight is 549 g/mol. The lowest BCUT2D eigenvalue weighted by atomic mass is 10.0. The summed E-state index contributed by atoms with van der Waals surface area (Å²) in [6.45, 7) is 3.43. The summed E-state index contributed by atoms with van der Waals surface area (Å²) < 4.78 is 0. The Labute approximate surface area is 232 Å². The van der Waals surface area contributed by atoms with Gasteiger partial charge in [0, 0.05) is 55.1 Å². The summed E-state index contributed by atoms with van der Waals surface area (Å²) in [7, 11) is 0. The van der Waals surface area contributed by atoms with Crippen LogP contribution >= 0.6 is 0 Å². The van der Waals surface area contributed by atoms with Gasteiger partial charge < -0.3 is 47.8 Å². The van der Waals surface area contributed by atoms with Crippen LogP contribution in [0.15, 0.2) is 42.5 Å². The van der Waals surface area contributed by atoms with Gasteiger partial charge in [-0.15, -0.1) is 0 Å². The average Bonchev–Trinajstić information content (AvgIpc) is 3.30. The predicted molar refractivity (Wildman–Crippen MR) is 154 cm³/mol. The molecule has 1 amide bonds. The predicted octanol–water partition coefficient (Wildman–Crippen LogP) is 0.645. The highest BCUT2D eigenvalue weighted by atomic mass is 16.3. The van der Waals surface area contributed by atoms with E-state index in [0.29, 0.717) is 55.6 Å². The Hall–Kier alpha value is -4.04. The summed E-state index contributed by atoms with van der Waals surface area (Å²) in [4.78, 5) is 30.3. The number of hydrogen-bond donors (Lipinski definition) is 7. The maximum Gasteiger partial charge on any atom is 0.255 e. The molecule has 212 valence electrons. The molecule has 2 saturated heterocycles. The molecular weight excluding hydrogens is 512 g/mol. The molecule has 4 atom stereocenters. The fraction of sp³-hybridized carbons (Fsp3) is 0.407. The molecule has 13 nitrogen and oxygen atoms in total. The zero-order valence-corrected chi connectivity index (χ0v) is 22.4. The molecule has 0 unspecified atom stereocenters. The number of phenolic OH excluding ortho intramolecular Hbond substituents is 1. The van der Waals surface area contributed by atoms with Crippen molar-refractivity contribution in [1.82, 2.24) is 15.0 Å². The number of anilines is 5. The molecule has 0 spiro atoms. The molecule has 0 saturated carbocycles. The SMILES string of the molecule is Cc1ccc(C(=O)Nc2ccc(Nc3nc(N4C[C@H](N)C[C@H](N)C4)nc(N4C[C@@H](N)C[C@H]4CO)n3)cc2O)cc1. The maximum atomic E-state index is 12.6. The second kappa shape index (κ2) is 11.6. The number of aromatic hydroxyl groups is 1. The van der Waals surface area contributed by atoms with Crippen LogP contribution in [-0.2, 0) is 0 Å². The molecule has 10 N–H and O–H groups in total. The third kappa shape index (κ3) is 6.23. The number of nitrogens with one attached hydrogen (secondary N) is 2. The number of carbonyl (C=O) groups is 1. The van der Waals surface area contributed by atoms with Crippen molar-refractivity contribution >= 4 is 35.1 Å². The highest BCUT2D eigenvalue weighted by molar-refractivity contribution is 6.05. The topological polar surface area (TPSA) is 205 Å². The number of carbonyl (C=O) groups excluding carboxylic acids is 1. The van der Waals surface area contributed by atoms with Crippen molar-refractivity contribution in [1.29, 1.82) is 0 Å². The van der Waals surface area contributed by atoms with Crippen LogP contribution in [0.2, 0.25) is 0 Å². The van der Waals surface area contributed by atoms with E-state index in [-0.39, 0.29) is 54.1 Å². The number of aryl methyl sites for hydroxylation is 1. The van der Waals surface area contributed by atoms with E-state index in [1.807, 2.05) is 28.9 Å². The van der Waals surface area contributed by atoms with Crippen LogP contribution in [-0.4, -0.2) is 81.5 Å². The molecule has 13 heteroatoms. The van der Waals surface area contributed by atoms with Crippen LogP contribution in [0.25, 0.3) is 0 Å². The number of benzene rings is 2. The van der Waals surface area contributed by atoms with Gasteiger partial charge in [-0.05, 0) is 44.0 Å². The summed E-state index contributed by atoms with van der Waals surface area (Å²) in [6, 6.07) is 11.3. The standard InChI is InChI=1S/C27H36N10O3/c1-15-2-4-16(5-3-15)24(40)32-22-7-6-20(10-23(22)39)31-25-33-26(36-11-17(28)8-18(29)12-36)35-27(34-25)37-13-19(30)9-21(37)14-38/h2-7,10,17-19,21,38-39H,8-9,11-14,28-30H2,1H3,(H,32,40)(H,31,33,34,35)/t17-,18+,19-,21-/m0/s1. The third-order valence-electron chi connectivity index (χ3n) is 7.14. The van der Waals surface area contributed by atoms with Gasteiger partial charge in [0.1, 0.15) is 5.75 Å². The fourth-order valence-electron chi connectivity index (χ4n) is 5.14. The van der Waals surface area contributed by atoms with Crippen LogP contribution in [0, 0.1) is 6.92 Å². The quantitative estimate of drug-likeness (QED) is 0.203. The van der Waals surface area contributed by atoms with E-state index in [1.54, 1.807) is 24.3 Å². The minimum atomic E-state index is -0.331. The monoisotopic (exact) mass is 548 g/mol. The molecule has 40 heavy (non-hydrogen) atoms. The van der Waals surface area contributed by atoms with Gasteiger partial charge in [0.15, 0.2) is 0 Å². The Balaban J connectivity index is 1.40. The summed E-state index contributed by atoms with van der Waals surface area (Å²) in [5, 5.41) is 26.4. The smallest absolute Gasteiger partial charge is 0.255 e. The molecule has 0 radical (unpaired) electrons. The van der Waals surface area contributed by atoms with Gasteiger partial charge in [-0.2, -0.15) is 15.0 Å². The number of nitrogens with zero attached hydrogens (tertiary/aromatic N) is 5. The van der Waals surface area contributed by atoms with Gasteiger partial charge in [0.05, 0.1) is 18.3 Å². The summed E-state index contributed by atoms with van der Waals surface area (Å²) in [5.41, 5.74) is 20.9. The number of phenols is 1. The van der Waals surface area contributed by atoms with Gasteiger partial charge in [-0.3, -0.25) is 4.79 Å². The van der Waals surface area contributed by atoms with Gasteiger partial charge in [-0.1, -0.05) is 17.7 Å². The second-order valence-electron chi connectivity index (χ2n) is 10.6. The molecule has 2 aliphatic rings. The van der Waals surface area contributed by atoms with E-state index >= 15 is 0 Å². The molecule has 2 aromatic carbocycles. The molecule has 2 fully saturated rings. The van der Waals surface area contributed by atoms with Crippen molar-refractivity contribution in [2.45, 2.75) is 43.9 Å². The minimum absolute atomic E-state index is 0.0828. The lowest BCUT2D eigenvalue weighted by molar-refractivity contribution is 0.102. The number of amides is 1. The van der Waals surface area contributed by atoms with Crippen molar-refractivity contribution in [2.75, 3.05) is 46.7 Å². The lowest BCUT2D eigenvalue weighted by Crippen LogP contribution is -2.53. The van der Waals surface area contributed by atoms with E-state index in [9.17, 15) is 15.0 Å². The van der Waals surface area contributed by atoms with E-state index < -0.39 is 0 Å². The second-order valence-corrected chi connectivity index (χ2v) is 10.6. The van der Waals surface area contributed by atoms with Crippen LogP contribution in [0.5, 0.6) is 5.75 Å². The Kier molecular flexibility index (Phi) is 7.98. The number of hydrogen-bond acceptors (Lipinski definition) is 12. The van der Waals surface area contributed by atoms with Crippen LogP contribution in [0.4, 0.5) is 29.2 Å². The number of aliphatic hydroxyl groups excluding tert-OH is 1. The Morgan fingerprint density at radius 2 is 1.62 bits per heavy atom. The molecule has 1 aromatic heterocycles. The van der Waals surface area contributed by atoms with E-state index in [4.69, 9.17) is 22.2 Å². The first-order valence-corrected chi connectivity index (χ1v) is 13.3. The molecule has 0 bridgehead atoms. The van der Waals surface area contributed by atoms with E-state index in [0.717, 1.165) is 5.56 Å². The number of nitrogens with two attached hydrogens (primary N) is 3. The minimum Gasteiger partial charge on any atom is -0.506 e. The molecule has 3 aromatic rings. The fourth-order valence-corrected chi connectivity index (χ4v) is 5.14. The van der Waals surface area contributed by atoms with Crippen LogP contribution in [0.3, 0.4) is 0 Å². The van der Waals surface area contributed by atoms with Crippen molar-refractivity contribution in [3.63, 3.8) is 0 Å². The largest absolute Gasteiger partial charge is 0.506 e.